The van der Waals surface area contributed by atoms with Crippen molar-refractivity contribution >= 4 is 16.5 Å². The maximum absolute atomic E-state index is 2.55. The van der Waals surface area contributed by atoms with Crippen LogP contribution in [0.3, 0.4) is 0 Å². The van der Waals surface area contributed by atoms with Crippen LogP contribution in [0.25, 0.3) is 10.8 Å². The minimum absolute atomic E-state index is 0.443. The van der Waals surface area contributed by atoms with E-state index in [9.17, 15) is 0 Å². The van der Waals surface area contributed by atoms with Crippen LogP contribution in [-0.2, 0) is 0 Å². The van der Waals surface area contributed by atoms with Gasteiger partial charge < -0.3 is 4.90 Å². The van der Waals surface area contributed by atoms with Gasteiger partial charge in [-0.05, 0) is 66.4 Å². The van der Waals surface area contributed by atoms with E-state index in [1.165, 1.54) is 59.1 Å². The monoisotopic (exact) mass is 356 g/mol. The predicted octanol–water partition coefficient (Wildman–Crippen LogP) is 5.58. The van der Waals surface area contributed by atoms with Crippen LogP contribution in [0.15, 0.2) is 60.7 Å². The van der Waals surface area contributed by atoms with Gasteiger partial charge in [-0.1, -0.05) is 48.5 Å². The average Bonchev–Trinajstić information content (AvgIpc) is 3.25. The molecule has 0 spiro atoms. The maximum Gasteiger partial charge on any atom is 0.0369 e. The SMILES string of the molecule is CC1c2cc(N3CCCC3)ccc2C(c2ccc3ccccc3c2)CN1C. The summed E-state index contributed by atoms with van der Waals surface area (Å²) in [6.07, 6.45) is 2.65. The maximum atomic E-state index is 2.55. The Morgan fingerprint density at radius 3 is 2.41 bits per heavy atom. The van der Waals surface area contributed by atoms with Crippen LogP contribution >= 0.6 is 0 Å². The van der Waals surface area contributed by atoms with Gasteiger partial charge >= 0.3 is 0 Å². The summed E-state index contributed by atoms with van der Waals surface area (Å²) in [5.74, 6) is 0.443. The zero-order chi connectivity index (χ0) is 18.4. The highest BCUT2D eigenvalue weighted by atomic mass is 15.2. The molecule has 0 radical (unpaired) electrons. The van der Waals surface area contributed by atoms with Crippen LogP contribution in [0.4, 0.5) is 5.69 Å². The molecular formula is C25H28N2. The zero-order valence-corrected chi connectivity index (χ0v) is 16.4. The minimum atomic E-state index is 0.443. The standard InChI is InChI=1S/C25H28N2/c1-18-24-16-22(27-13-5-6-14-27)11-12-23(24)25(17-26(18)2)21-10-9-19-7-3-4-8-20(19)15-21/h3-4,7-12,15-16,18,25H,5-6,13-14,17H2,1-2H3. The summed E-state index contributed by atoms with van der Waals surface area (Å²) in [4.78, 5) is 5.06. The summed E-state index contributed by atoms with van der Waals surface area (Å²) < 4.78 is 0. The third kappa shape index (κ3) is 2.93. The van der Waals surface area contributed by atoms with E-state index in [0.29, 0.717) is 12.0 Å². The molecule has 27 heavy (non-hydrogen) atoms. The molecule has 2 heteroatoms. The van der Waals surface area contributed by atoms with Crippen LogP contribution in [0.5, 0.6) is 0 Å². The fourth-order valence-corrected chi connectivity index (χ4v) is 4.90. The van der Waals surface area contributed by atoms with E-state index in [-0.39, 0.29) is 0 Å². The van der Waals surface area contributed by atoms with Crippen LogP contribution in [0.2, 0.25) is 0 Å². The third-order valence-corrected chi connectivity index (χ3v) is 6.67. The van der Waals surface area contributed by atoms with Crippen molar-refractivity contribution < 1.29 is 0 Å². The Hall–Kier alpha value is -2.32. The topological polar surface area (TPSA) is 6.48 Å². The second kappa shape index (κ2) is 6.69. The summed E-state index contributed by atoms with van der Waals surface area (Å²) >= 11 is 0. The number of anilines is 1. The molecule has 1 fully saturated rings. The molecule has 0 N–H and O–H groups in total. The third-order valence-electron chi connectivity index (χ3n) is 6.67. The van der Waals surface area contributed by atoms with Gasteiger partial charge in [0, 0.05) is 37.3 Å². The van der Waals surface area contributed by atoms with Gasteiger partial charge in [0.15, 0.2) is 0 Å². The van der Waals surface area contributed by atoms with E-state index in [2.05, 4.69) is 84.4 Å². The first kappa shape index (κ1) is 16.8. The number of fused-ring (bicyclic) bond motifs is 2. The van der Waals surface area contributed by atoms with Gasteiger partial charge in [-0.3, -0.25) is 4.90 Å². The molecule has 0 amide bonds. The van der Waals surface area contributed by atoms with Gasteiger partial charge in [0.1, 0.15) is 0 Å². The number of hydrogen-bond acceptors (Lipinski definition) is 2. The summed E-state index contributed by atoms with van der Waals surface area (Å²) in [5.41, 5.74) is 5.86. The van der Waals surface area contributed by atoms with E-state index in [1.807, 2.05) is 0 Å². The molecule has 1 saturated heterocycles. The van der Waals surface area contributed by atoms with Crippen molar-refractivity contribution in [1.82, 2.24) is 4.90 Å². The van der Waals surface area contributed by atoms with Crippen molar-refractivity contribution in [2.75, 3.05) is 31.6 Å². The fraction of sp³-hybridized carbons (Fsp3) is 0.360. The van der Waals surface area contributed by atoms with Gasteiger partial charge in [-0.15, -0.1) is 0 Å². The van der Waals surface area contributed by atoms with Crippen molar-refractivity contribution in [3.05, 3.63) is 77.4 Å². The number of benzene rings is 3. The molecular weight excluding hydrogens is 328 g/mol. The Labute approximate surface area is 162 Å². The molecule has 138 valence electrons. The van der Waals surface area contributed by atoms with Crippen LogP contribution < -0.4 is 4.90 Å². The lowest BCUT2D eigenvalue weighted by atomic mass is 9.81. The molecule has 2 heterocycles. The fourth-order valence-electron chi connectivity index (χ4n) is 4.90. The first-order valence-corrected chi connectivity index (χ1v) is 10.3. The average molecular weight is 357 g/mol. The number of hydrogen-bond donors (Lipinski definition) is 0. The number of likely N-dealkylation sites (N-methyl/N-ethyl adjacent to an activating group) is 1. The Bertz CT molecular complexity index is 971. The minimum Gasteiger partial charge on any atom is -0.372 e. The molecule has 0 aliphatic carbocycles. The molecule has 5 rings (SSSR count). The molecule has 0 aromatic heterocycles. The predicted molar refractivity (Wildman–Crippen MR) is 115 cm³/mol. The molecule has 3 aromatic carbocycles. The van der Waals surface area contributed by atoms with Crippen molar-refractivity contribution in [3.63, 3.8) is 0 Å². The lowest BCUT2D eigenvalue weighted by molar-refractivity contribution is 0.234. The quantitative estimate of drug-likeness (QED) is 0.591. The molecule has 0 bridgehead atoms. The second-order valence-corrected chi connectivity index (χ2v) is 8.28. The van der Waals surface area contributed by atoms with Crippen molar-refractivity contribution in [2.24, 2.45) is 0 Å². The highest BCUT2D eigenvalue weighted by molar-refractivity contribution is 5.83. The second-order valence-electron chi connectivity index (χ2n) is 8.28. The van der Waals surface area contributed by atoms with Crippen LogP contribution in [-0.4, -0.2) is 31.6 Å². The first-order chi connectivity index (χ1) is 13.2. The summed E-state index contributed by atoms with van der Waals surface area (Å²) in [6, 6.07) is 23.4. The Balaban J connectivity index is 1.58. The zero-order valence-electron chi connectivity index (χ0n) is 16.4. The lowest BCUT2D eigenvalue weighted by Crippen LogP contribution is -2.34. The Kier molecular flexibility index (Phi) is 4.17. The summed E-state index contributed by atoms with van der Waals surface area (Å²) in [5, 5.41) is 2.66. The van der Waals surface area contributed by atoms with Gasteiger partial charge in [0.25, 0.3) is 0 Å². The van der Waals surface area contributed by atoms with Crippen molar-refractivity contribution in [1.29, 1.82) is 0 Å². The van der Waals surface area contributed by atoms with Gasteiger partial charge in [-0.25, -0.2) is 0 Å². The van der Waals surface area contributed by atoms with E-state index >= 15 is 0 Å². The number of nitrogens with zero attached hydrogens (tertiary/aromatic N) is 2. The molecule has 3 aromatic rings. The number of rotatable bonds is 2. The van der Waals surface area contributed by atoms with E-state index < -0.39 is 0 Å². The largest absolute Gasteiger partial charge is 0.372 e. The van der Waals surface area contributed by atoms with E-state index in [4.69, 9.17) is 0 Å². The lowest BCUT2D eigenvalue weighted by Gasteiger charge is -2.38. The molecule has 0 saturated carbocycles. The highest BCUT2D eigenvalue weighted by Crippen LogP contribution is 2.41. The molecule has 2 nitrogen and oxygen atoms in total. The summed E-state index contributed by atoms with van der Waals surface area (Å²) in [7, 11) is 2.27. The Morgan fingerprint density at radius 1 is 0.815 bits per heavy atom. The smallest absolute Gasteiger partial charge is 0.0369 e. The van der Waals surface area contributed by atoms with Gasteiger partial charge in [0.05, 0.1) is 0 Å². The molecule has 2 unspecified atom stereocenters. The van der Waals surface area contributed by atoms with Crippen molar-refractivity contribution in [3.8, 4) is 0 Å². The van der Waals surface area contributed by atoms with Gasteiger partial charge in [-0.2, -0.15) is 0 Å². The highest BCUT2D eigenvalue weighted by Gasteiger charge is 2.30. The van der Waals surface area contributed by atoms with Crippen LogP contribution in [0, 0.1) is 0 Å². The van der Waals surface area contributed by atoms with Crippen LogP contribution in [0.1, 0.15) is 48.4 Å². The van der Waals surface area contributed by atoms with E-state index in [0.717, 1.165) is 6.54 Å². The van der Waals surface area contributed by atoms with Gasteiger partial charge in [0.2, 0.25) is 0 Å². The first-order valence-electron chi connectivity index (χ1n) is 10.3. The summed E-state index contributed by atoms with van der Waals surface area (Å²) in [6.45, 7) is 5.84. The van der Waals surface area contributed by atoms with Crippen molar-refractivity contribution in [2.45, 2.75) is 31.7 Å². The normalized spacial score (nSPS) is 23.0. The van der Waals surface area contributed by atoms with E-state index in [1.54, 1.807) is 0 Å². The Morgan fingerprint density at radius 2 is 1.59 bits per heavy atom. The molecule has 2 atom stereocenters. The molecule has 2 aliphatic rings. The molecule has 2 aliphatic heterocycles.